The van der Waals surface area contributed by atoms with Crippen LogP contribution < -0.4 is 14.2 Å². The van der Waals surface area contributed by atoms with Crippen molar-refractivity contribution in [3.8, 4) is 17.2 Å². The van der Waals surface area contributed by atoms with Crippen molar-refractivity contribution in [2.75, 3.05) is 40.5 Å². The van der Waals surface area contributed by atoms with Crippen LogP contribution in [0.3, 0.4) is 0 Å². The number of ether oxygens (including phenoxy) is 3. The monoisotopic (exact) mass is 564 g/mol. The topological polar surface area (TPSA) is 85.4 Å². The molecule has 0 saturated carbocycles. The number of hydrogen-bond donors (Lipinski definition) is 0. The molecule has 2 heterocycles. The third-order valence-corrected chi connectivity index (χ3v) is 9.72. The second-order valence-corrected chi connectivity index (χ2v) is 12.1. The zero-order valence-corrected chi connectivity index (χ0v) is 24.1. The summed E-state index contributed by atoms with van der Waals surface area (Å²) < 4.78 is 44.8. The molecule has 1 atom stereocenters. The van der Waals surface area contributed by atoms with Gasteiger partial charge in [-0.3, -0.25) is 4.79 Å². The predicted molar refractivity (Wildman–Crippen MR) is 153 cm³/mol. The summed E-state index contributed by atoms with van der Waals surface area (Å²) >= 11 is 0. The van der Waals surface area contributed by atoms with Gasteiger partial charge in [0.2, 0.25) is 10.0 Å². The molecule has 0 aromatic heterocycles. The van der Waals surface area contributed by atoms with Gasteiger partial charge in [-0.15, -0.1) is 0 Å². The molecule has 1 saturated heterocycles. The number of sulfonamides is 1. The molecule has 9 heteroatoms. The first kappa shape index (κ1) is 28.0. The van der Waals surface area contributed by atoms with Crippen molar-refractivity contribution >= 4 is 15.9 Å². The molecule has 212 valence electrons. The van der Waals surface area contributed by atoms with Gasteiger partial charge in [0.25, 0.3) is 5.91 Å². The first-order valence-corrected chi connectivity index (χ1v) is 15.2. The molecular formula is C31H36N2O6S. The Balaban J connectivity index is 1.44. The number of hydrogen-bond acceptors (Lipinski definition) is 6. The maximum Gasteiger partial charge on any atom is 0.254 e. The lowest BCUT2D eigenvalue weighted by atomic mass is 9.91. The number of carbonyl (C=O) groups is 1. The SMILES string of the molecule is CCc1ccc(OC[C@@H]2c3cc(OC)c(OC)cc3CCN2C(=O)c2ccc(S(=O)(=O)N3CCCC3)cc2)cc1. The fourth-order valence-electron chi connectivity index (χ4n) is 5.46. The van der Waals surface area contributed by atoms with Crippen LogP contribution in [0.1, 0.15) is 52.9 Å². The molecule has 0 bridgehead atoms. The Morgan fingerprint density at radius 1 is 0.900 bits per heavy atom. The van der Waals surface area contributed by atoms with Gasteiger partial charge in [-0.25, -0.2) is 8.42 Å². The Kier molecular flexibility index (Phi) is 8.32. The smallest absolute Gasteiger partial charge is 0.254 e. The van der Waals surface area contributed by atoms with Crippen molar-refractivity contribution in [2.24, 2.45) is 0 Å². The van der Waals surface area contributed by atoms with Crippen LogP contribution >= 0.6 is 0 Å². The summed E-state index contributed by atoms with van der Waals surface area (Å²) in [6.07, 6.45) is 3.33. The van der Waals surface area contributed by atoms with Crippen LogP contribution in [0, 0.1) is 0 Å². The summed E-state index contributed by atoms with van der Waals surface area (Å²) in [6.45, 7) is 3.91. The van der Waals surface area contributed by atoms with Crippen molar-refractivity contribution in [2.45, 2.75) is 43.5 Å². The number of methoxy groups -OCH3 is 2. The maximum atomic E-state index is 13.9. The van der Waals surface area contributed by atoms with E-state index in [1.165, 1.54) is 22.0 Å². The molecule has 0 radical (unpaired) electrons. The third kappa shape index (κ3) is 5.53. The number of fused-ring (bicyclic) bond motifs is 1. The summed E-state index contributed by atoms with van der Waals surface area (Å²) in [5.74, 6) is 1.78. The quantitative estimate of drug-likeness (QED) is 0.369. The summed E-state index contributed by atoms with van der Waals surface area (Å²) in [5.41, 5.74) is 3.67. The van der Waals surface area contributed by atoms with Crippen LogP contribution in [0.15, 0.2) is 65.6 Å². The van der Waals surface area contributed by atoms with Crippen LogP contribution in [0.4, 0.5) is 0 Å². The molecule has 2 aliphatic heterocycles. The van der Waals surface area contributed by atoms with E-state index in [0.717, 1.165) is 36.1 Å². The average molecular weight is 565 g/mol. The summed E-state index contributed by atoms with van der Waals surface area (Å²) in [7, 11) is -0.353. The van der Waals surface area contributed by atoms with Crippen LogP contribution in [0.5, 0.6) is 17.2 Å². The lowest BCUT2D eigenvalue weighted by Gasteiger charge is -2.37. The standard InChI is InChI=1S/C31H36N2O6S/c1-4-22-7-11-25(12-8-22)39-21-28-27-20-30(38-3)29(37-2)19-24(27)15-18-33(28)31(34)23-9-13-26(14-10-23)40(35,36)32-16-5-6-17-32/h7-14,19-20,28H,4-6,15-18,21H2,1-3H3/t28-/m1/s1. The molecule has 40 heavy (non-hydrogen) atoms. The molecule has 8 nitrogen and oxygen atoms in total. The Hall–Kier alpha value is -3.56. The molecule has 5 rings (SSSR count). The van der Waals surface area contributed by atoms with E-state index in [4.69, 9.17) is 14.2 Å². The normalized spacial score (nSPS) is 17.4. The number of benzene rings is 3. The highest BCUT2D eigenvalue weighted by Crippen LogP contribution is 2.39. The van der Waals surface area contributed by atoms with Crippen molar-refractivity contribution < 1.29 is 27.4 Å². The minimum absolute atomic E-state index is 0.180. The Morgan fingerprint density at radius 2 is 1.55 bits per heavy atom. The van der Waals surface area contributed by atoms with E-state index in [1.807, 2.05) is 36.4 Å². The van der Waals surface area contributed by atoms with Crippen molar-refractivity contribution in [3.63, 3.8) is 0 Å². The lowest BCUT2D eigenvalue weighted by molar-refractivity contribution is 0.0589. The maximum absolute atomic E-state index is 13.9. The van der Waals surface area contributed by atoms with Gasteiger partial charge in [-0.2, -0.15) is 4.31 Å². The Bertz CT molecular complexity index is 1450. The molecule has 1 fully saturated rings. The van der Waals surface area contributed by atoms with E-state index in [-0.39, 0.29) is 23.5 Å². The minimum atomic E-state index is -3.55. The van der Waals surface area contributed by atoms with E-state index in [0.29, 0.717) is 43.1 Å². The second-order valence-electron chi connectivity index (χ2n) is 10.1. The van der Waals surface area contributed by atoms with Crippen LogP contribution in [0.25, 0.3) is 0 Å². The second kappa shape index (κ2) is 11.9. The molecule has 2 aliphatic rings. The van der Waals surface area contributed by atoms with Gasteiger partial charge in [-0.05, 0) is 90.9 Å². The number of aryl methyl sites for hydroxylation is 1. The van der Waals surface area contributed by atoms with Gasteiger partial charge in [0, 0.05) is 25.2 Å². The van der Waals surface area contributed by atoms with Crippen molar-refractivity contribution in [3.05, 3.63) is 82.9 Å². The van der Waals surface area contributed by atoms with Gasteiger partial charge in [0.1, 0.15) is 12.4 Å². The molecular weight excluding hydrogens is 528 g/mol. The van der Waals surface area contributed by atoms with Crippen LogP contribution in [-0.2, 0) is 22.9 Å². The van der Waals surface area contributed by atoms with Crippen LogP contribution in [0.2, 0.25) is 0 Å². The first-order chi connectivity index (χ1) is 19.3. The first-order valence-electron chi connectivity index (χ1n) is 13.7. The highest BCUT2D eigenvalue weighted by Gasteiger charge is 2.34. The fraction of sp³-hybridized carbons (Fsp3) is 0.387. The number of amides is 1. The Morgan fingerprint density at radius 3 is 2.17 bits per heavy atom. The van der Waals surface area contributed by atoms with Gasteiger partial charge < -0.3 is 19.1 Å². The summed E-state index contributed by atoms with van der Waals surface area (Å²) in [6, 6.07) is 17.8. The molecule has 0 aliphatic carbocycles. The third-order valence-electron chi connectivity index (χ3n) is 7.81. The van der Waals surface area contributed by atoms with E-state index < -0.39 is 10.0 Å². The van der Waals surface area contributed by atoms with E-state index >= 15 is 0 Å². The lowest BCUT2D eigenvalue weighted by Crippen LogP contribution is -2.42. The molecule has 0 N–H and O–H groups in total. The number of nitrogens with zero attached hydrogens (tertiary/aromatic N) is 2. The predicted octanol–water partition coefficient (Wildman–Crippen LogP) is 4.87. The number of carbonyl (C=O) groups excluding carboxylic acids is 1. The van der Waals surface area contributed by atoms with E-state index in [9.17, 15) is 13.2 Å². The van der Waals surface area contributed by atoms with Gasteiger partial charge in [0.05, 0.1) is 25.2 Å². The molecule has 1 amide bonds. The minimum Gasteiger partial charge on any atom is -0.493 e. The highest BCUT2D eigenvalue weighted by molar-refractivity contribution is 7.89. The van der Waals surface area contributed by atoms with Gasteiger partial charge in [0.15, 0.2) is 11.5 Å². The number of rotatable bonds is 9. The highest BCUT2D eigenvalue weighted by atomic mass is 32.2. The van der Waals surface area contributed by atoms with E-state index in [2.05, 4.69) is 6.92 Å². The molecule has 0 unspecified atom stereocenters. The van der Waals surface area contributed by atoms with Gasteiger partial charge in [-0.1, -0.05) is 19.1 Å². The Labute approximate surface area is 236 Å². The molecule has 0 spiro atoms. The molecule has 3 aromatic carbocycles. The summed E-state index contributed by atoms with van der Waals surface area (Å²) in [5, 5.41) is 0. The zero-order chi connectivity index (χ0) is 28.3. The largest absolute Gasteiger partial charge is 0.493 e. The zero-order valence-electron chi connectivity index (χ0n) is 23.3. The van der Waals surface area contributed by atoms with Gasteiger partial charge >= 0.3 is 0 Å². The summed E-state index contributed by atoms with van der Waals surface area (Å²) in [4.78, 5) is 15.9. The van der Waals surface area contributed by atoms with Crippen molar-refractivity contribution in [1.82, 2.24) is 9.21 Å². The van der Waals surface area contributed by atoms with E-state index in [1.54, 1.807) is 31.3 Å². The fourth-order valence-corrected chi connectivity index (χ4v) is 6.98. The average Bonchev–Trinajstić information content (AvgIpc) is 3.55. The van der Waals surface area contributed by atoms with Crippen LogP contribution in [-0.4, -0.2) is 64.0 Å². The van der Waals surface area contributed by atoms with Crippen molar-refractivity contribution in [1.29, 1.82) is 0 Å². The molecule has 3 aromatic rings.